The molecular weight excluding hydrogens is 171 g/mol. The summed E-state index contributed by atoms with van der Waals surface area (Å²) in [6.07, 6.45) is -0.828. The number of carbonyl (C=O) groups excluding carboxylic acids is 1. The quantitative estimate of drug-likeness (QED) is 0.668. The molecule has 0 heterocycles. The average molecular weight is 182 g/mol. The Bertz CT molecular complexity index is 286. The van der Waals surface area contributed by atoms with Gasteiger partial charge in [0, 0.05) is 12.0 Å². The van der Waals surface area contributed by atoms with E-state index in [1.807, 2.05) is 0 Å². The van der Waals surface area contributed by atoms with Gasteiger partial charge >= 0.3 is 0 Å². The predicted octanol–water partition coefficient (Wildman–Crippen LogP) is 2.29. The summed E-state index contributed by atoms with van der Waals surface area (Å²) in [6.45, 7) is 0. The molecule has 1 rings (SSSR count). The van der Waals surface area contributed by atoms with Gasteiger partial charge in [-0.1, -0.05) is 18.2 Å². The summed E-state index contributed by atoms with van der Waals surface area (Å²) in [5.41, 5.74) is 0.428. The van der Waals surface area contributed by atoms with E-state index in [4.69, 9.17) is 4.74 Å². The van der Waals surface area contributed by atoms with E-state index in [1.54, 1.807) is 24.3 Å². The van der Waals surface area contributed by atoms with E-state index in [0.29, 0.717) is 17.6 Å². The first-order chi connectivity index (χ1) is 6.29. The molecule has 1 unspecified atom stereocenters. The minimum Gasteiger partial charge on any atom is -0.496 e. The minimum atomic E-state index is -1.27. The molecule has 2 nitrogen and oxygen atoms in total. The molecule has 0 aliphatic heterocycles. The zero-order valence-corrected chi connectivity index (χ0v) is 7.37. The van der Waals surface area contributed by atoms with Crippen molar-refractivity contribution in [2.24, 2.45) is 0 Å². The van der Waals surface area contributed by atoms with Crippen LogP contribution in [-0.2, 0) is 4.79 Å². The van der Waals surface area contributed by atoms with Crippen LogP contribution in [0.5, 0.6) is 5.75 Å². The SMILES string of the molecule is COc1ccccc1C(F)CC=O. The Morgan fingerprint density at radius 2 is 2.23 bits per heavy atom. The van der Waals surface area contributed by atoms with Gasteiger partial charge in [-0.3, -0.25) is 0 Å². The Labute approximate surface area is 76.3 Å². The summed E-state index contributed by atoms with van der Waals surface area (Å²) in [5.74, 6) is 0.483. The van der Waals surface area contributed by atoms with Crippen molar-refractivity contribution in [3.63, 3.8) is 0 Å². The number of carbonyl (C=O) groups is 1. The minimum absolute atomic E-state index is 0.125. The number of methoxy groups -OCH3 is 1. The molecule has 1 aromatic rings. The van der Waals surface area contributed by atoms with E-state index in [-0.39, 0.29) is 6.42 Å². The number of benzene rings is 1. The number of hydrogen-bond acceptors (Lipinski definition) is 2. The standard InChI is InChI=1S/C10H11FO2/c1-13-10-5-3-2-4-8(10)9(11)6-7-12/h2-5,7,9H,6H2,1H3. The van der Waals surface area contributed by atoms with Crippen LogP contribution in [0, 0.1) is 0 Å². The van der Waals surface area contributed by atoms with Crippen LogP contribution in [-0.4, -0.2) is 13.4 Å². The lowest BCUT2D eigenvalue weighted by Crippen LogP contribution is -1.96. The van der Waals surface area contributed by atoms with Crippen LogP contribution in [0.2, 0.25) is 0 Å². The number of alkyl halides is 1. The Hall–Kier alpha value is -1.38. The molecule has 0 bridgehead atoms. The summed E-state index contributed by atoms with van der Waals surface area (Å²) in [6, 6.07) is 6.77. The van der Waals surface area contributed by atoms with Gasteiger partial charge in [-0.05, 0) is 6.07 Å². The van der Waals surface area contributed by atoms with Crippen molar-refractivity contribution in [2.45, 2.75) is 12.6 Å². The molecule has 0 aliphatic carbocycles. The molecule has 0 amide bonds. The molecular formula is C10H11FO2. The number of halogens is 1. The van der Waals surface area contributed by atoms with Crippen molar-refractivity contribution in [3.8, 4) is 5.75 Å². The topological polar surface area (TPSA) is 26.3 Å². The van der Waals surface area contributed by atoms with E-state index in [1.165, 1.54) is 7.11 Å². The van der Waals surface area contributed by atoms with E-state index < -0.39 is 6.17 Å². The van der Waals surface area contributed by atoms with Gasteiger partial charge in [-0.15, -0.1) is 0 Å². The van der Waals surface area contributed by atoms with Crippen molar-refractivity contribution in [1.82, 2.24) is 0 Å². The molecule has 0 radical (unpaired) electrons. The third-order valence-electron chi connectivity index (χ3n) is 1.78. The lowest BCUT2D eigenvalue weighted by Gasteiger charge is -2.09. The molecule has 0 fully saturated rings. The second-order valence-electron chi connectivity index (χ2n) is 2.61. The summed E-state index contributed by atoms with van der Waals surface area (Å²) in [7, 11) is 1.48. The summed E-state index contributed by atoms with van der Waals surface area (Å²) in [4.78, 5) is 10.1. The third-order valence-corrected chi connectivity index (χ3v) is 1.78. The van der Waals surface area contributed by atoms with Gasteiger partial charge in [-0.2, -0.15) is 0 Å². The number of rotatable bonds is 4. The van der Waals surface area contributed by atoms with Crippen molar-refractivity contribution < 1.29 is 13.9 Å². The van der Waals surface area contributed by atoms with Crippen molar-refractivity contribution in [2.75, 3.05) is 7.11 Å². The van der Waals surface area contributed by atoms with E-state index in [9.17, 15) is 9.18 Å². The number of hydrogen-bond donors (Lipinski definition) is 0. The summed E-state index contributed by atoms with van der Waals surface area (Å²) in [5, 5.41) is 0. The molecule has 0 N–H and O–H groups in total. The van der Waals surface area contributed by atoms with Crippen LogP contribution in [0.4, 0.5) is 4.39 Å². The molecule has 0 spiro atoms. The van der Waals surface area contributed by atoms with E-state index >= 15 is 0 Å². The third kappa shape index (κ3) is 2.28. The van der Waals surface area contributed by atoms with Gasteiger partial charge in [0.05, 0.1) is 7.11 Å². The van der Waals surface area contributed by atoms with Crippen LogP contribution < -0.4 is 4.74 Å². The highest BCUT2D eigenvalue weighted by molar-refractivity contribution is 5.52. The second-order valence-corrected chi connectivity index (χ2v) is 2.61. The molecule has 0 saturated heterocycles. The number of aldehydes is 1. The van der Waals surface area contributed by atoms with Gasteiger partial charge in [0.15, 0.2) is 0 Å². The largest absolute Gasteiger partial charge is 0.496 e. The lowest BCUT2D eigenvalue weighted by molar-refractivity contribution is -0.108. The van der Waals surface area contributed by atoms with Crippen LogP contribution in [0.3, 0.4) is 0 Å². The number of para-hydroxylation sites is 1. The maximum atomic E-state index is 13.3. The molecule has 13 heavy (non-hydrogen) atoms. The Morgan fingerprint density at radius 1 is 1.54 bits per heavy atom. The predicted molar refractivity (Wildman–Crippen MR) is 47.5 cm³/mol. The van der Waals surface area contributed by atoms with E-state index in [2.05, 4.69) is 0 Å². The van der Waals surface area contributed by atoms with Crippen molar-refractivity contribution in [3.05, 3.63) is 29.8 Å². The number of ether oxygens (including phenoxy) is 1. The highest BCUT2D eigenvalue weighted by Gasteiger charge is 2.13. The first-order valence-corrected chi connectivity index (χ1v) is 4.00. The first-order valence-electron chi connectivity index (χ1n) is 4.00. The Morgan fingerprint density at radius 3 is 2.85 bits per heavy atom. The maximum Gasteiger partial charge on any atom is 0.135 e. The van der Waals surface area contributed by atoms with Gasteiger partial charge in [0.25, 0.3) is 0 Å². The molecule has 0 saturated carbocycles. The summed E-state index contributed by atoms with van der Waals surface area (Å²) < 4.78 is 18.2. The maximum absolute atomic E-state index is 13.3. The van der Waals surface area contributed by atoms with Crippen molar-refractivity contribution in [1.29, 1.82) is 0 Å². The van der Waals surface area contributed by atoms with Gasteiger partial charge < -0.3 is 9.53 Å². The van der Waals surface area contributed by atoms with Gasteiger partial charge in [0.1, 0.15) is 18.2 Å². The fraction of sp³-hybridized carbons (Fsp3) is 0.300. The van der Waals surface area contributed by atoms with Gasteiger partial charge in [0.2, 0.25) is 0 Å². The second kappa shape index (κ2) is 4.60. The smallest absolute Gasteiger partial charge is 0.135 e. The zero-order chi connectivity index (χ0) is 9.68. The zero-order valence-electron chi connectivity index (χ0n) is 7.37. The monoisotopic (exact) mass is 182 g/mol. The molecule has 0 aromatic heterocycles. The highest BCUT2D eigenvalue weighted by Crippen LogP contribution is 2.28. The summed E-state index contributed by atoms with van der Waals surface area (Å²) >= 11 is 0. The Balaban J connectivity index is 2.91. The molecule has 1 aromatic carbocycles. The van der Waals surface area contributed by atoms with Crippen LogP contribution in [0.15, 0.2) is 24.3 Å². The van der Waals surface area contributed by atoms with E-state index in [0.717, 1.165) is 0 Å². The molecule has 1 atom stereocenters. The normalized spacial score (nSPS) is 12.2. The fourth-order valence-electron chi connectivity index (χ4n) is 1.14. The van der Waals surface area contributed by atoms with Crippen molar-refractivity contribution >= 4 is 6.29 Å². The molecule has 0 aliphatic rings. The fourth-order valence-corrected chi connectivity index (χ4v) is 1.14. The Kier molecular flexibility index (Phi) is 3.43. The van der Waals surface area contributed by atoms with Crippen LogP contribution in [0.25, 0.3) is 0 Å². The molecule has 70 valence electrons. The van der Waals surface area contributed by atoms with Crippen LogP contribution >= 0.6 is 0 Å². The highest BCUT2D eigenvalue weighted by atomic mass is 19.1. The lowest BCUT2D eigenvalue weighted by atomic mass is 10.1. The van der Waals surface area contributed by atoms with Crippen LogP contribution in [0.1, 0.15) is 18.2 Å². The molecule has 3 heteroatoms. The average Bonchev–Trinajstić information content (AvgIpc) is 2.18. The first kappa shape index (κ1) is 9.71. The van der Waals surface area contributed by atoms with Gasteiger partial charge in [-0.25, -0.2) is 4.39 Å².